The van der Waals surface area contributed by atoms with Gasteiger partial charge < -0.3 is 10.6 Å². The minimum Gasteiger partial charge on any atom is -0.345 e. The van der Waals surface area contributed by atoms with E-state index in [4.69, 9.17) is 11.6 Å². The van der Waals surface area contributed by atoms with E-state index in [1.807, 2.05) is 0 Å². The van der Waals surface area contributed by atoms with Crippen molar-refractivity contribution in [3.63, 3.8) is 0 Å². The lowest BCUT2D eigenvalue weighted by molar-refractivity contribution is -0.141. The van der Waals surface area contributed by atoms with E-state index in [1.54, 1.807) is 0 Å². The molecule has 1 fully saturated rings. The molecular formula is C12H11ClF3N3O2. The predicted molar refractivity (Wildman–Crippen MR) is 67.6 cm³/mol. The third-order valence-corrected chi connectivity index (χ3v) is 3.38. The normalized spacial score (nSPS) is 19.2. The summed E-state index contributed by atoms with van der Waals surface area (Å²) in [6.07, 6.45) is -4.61. The highest BCUT2D eigenvalue weighted by molar-refractivity contribution is 6.30. The van der Waals surface area contributed by atoms with E-state index in [-0.39, 0.29) is 29.6 Å². The molecule has 2 amide bonds. The van der Waals surface area contributed by atoms with Gasteiger partial charge in [-0.1, -0.05) is 11.6 Å². The average molecular weight is 322 g/mol. The first-order chi connectivity index (χ1) is 9.68. The molecule has 0 saturated carbocycles. The fourth-order valence-corrected chi connectivity index (χ4v) is 2.32. The zero-order valence-electron chi connectivity index (χ0n) is 10.8. The largest absolute Gasteiger partial charge is 0.433 e. The summed E-state index contributed by atoms with van der Waals surface area (Å²) in [4.78, 5) is 26.2. The molecule has 9 heteroatoms. The summed E-state index contributed by atoms with van der Waals surface area (Å²) < 4.78 is 37.8. The molecule has 1 unspecified atom stereocenters. The number of alkyl halides is 3. The summed E-state index contributed by atoms with van der Waals surface area (Å²) in [5.74, 6) is -0.779. The molecule has 1 aromatic heterocycles. The summed E-state index contributed by atoms with van der Waals surface area (Å²) in [5.41, 5.74) is -0.534. The van der Waals surface area contributed by atoms with Gasteiger partial charge in [-0.25, -0.2) is 4.98 Å². The van der Waals surface area contributed by atoms with Crippen molar-refractivity contribution < 1.29 is 22.8 Å². The van der Waals surface area contributed by atoms with Crippen LogP contribution in [0.3, 0.4) is 0 Å². The van der Waals surface area contributed by atoms with E-state index in [2.05, 4.69) is 15.6 Å². The molecule has 2 rings (SSSR count). The van der Waals surface area contributed by atoms with Gasteiger partial charge in [-0.15, -0.1) is 0 Å². The number of aryl methyl sites for hydroxylation is 1. The minimum absolute atomic E-state index is 0.0205. The number of hydrogen-bond acceptors (Lipinski definition) is 3. The van der Waals surface area contributed by atoms with Crippen LogP contribution in [-0.2, 0) is 22.2 Å². The van der Waals surface area contributed by atoms with E-state index in [0.29, 0.717) is 5.56 Å². The maximum absolute atomic E-state index is 12.6. The van der Waals surface area contributed by atoms with E-state index >= 15 is 0 Å². The van der Waals surface area contributed by atoms with Crippen LogP contribution in [0.25, 0.3) is 0 Å². The number of carbonyl (C=O) groups is 2. The highest BCUT2D eigenvalue weighted by Gasteiger charge is 2.34. The Labute approximate surface area is 122 Å². The maximum Gasteiger partial charge on any atom is 0.433 e. The first-order valence-corrected chi connectivity index (χ1v) is 6.36. The van der Waals surface area contributed by atoms with E-state index < -0.39 is 23.8 Å². The molecule has 0 spiro atoms. The van der Waals surface area contributed by atoms with Gasteiger partial charge in [-0.2, -0.15) is 13.2 Å². The summed E-state index contributed by atoms with van der Waals surface area (Å²) in [5, 5.41) is 4.51. The zero-order chi connectivity index (χ0) is 15.8. The van der Waals surface area contributed by atoms with Gasteiger partial charge in [-0.05, 0) is 24.1 Å². The number of nitrogens with zero attached hydrogens (tertiary/aromatic N) is 1. The van der Waals surface area contributed by atoms with E-state index in [0.717, 1.165) is 6.07 Å². The molecule has 0 radical (unpaired) electrons. The molecular weight excluding hydrogens is 311 g/mol. The fourth-order valence-electron chi connectivity index (χ4n) is 2.00. The lowest BCUT2D eigenvalue weighted by atomic mass is 10.0. The Bertz CT molecular complexity index is 581. The number of amides is 2. The van der Waals surface area contributed by atoms with Crippen molar-refractivity contribution in [1.29, 1.82) is 0 Å². The number of pyridine rings is 1. The summed E-state index contributed by atoms with van der Waals surface area (Å²) in [7, 11) is 0. The second kappa shape index (κ2) is 5.51. The second-order valence-corrected chi connectivity index (χ2v) is 4.99. The zero-order valence-corrected chi connectivity index (χ0v) is 11.6. The lowest BCUT2D eigenvalue weighted by Gasteiger charge is -2.24. The average Bonchev–Trinajstić information content (AvgIpc) is 2.36. The molecule has 0 aromatic carbocycles. The molecule has 0 bridgehead atoms. The van der Waals surface area contributed by atoms with Gasteiger partial charge in [0.2, 0.25) is 11.8 Å². The van der Waals surface area contributed by atoms with Crippen molar-refractivity contribution in [3.8, 4) is 0 Å². The highest BCUT2D eigenvalue weighted by Crippen LogP contribution is 2.31. The molecule has 1 aromatic rings. The Morgan fingerprint density at radius 3 is 2.67 bits per heavy atom. The van der Waals surface area contributed by atoms with Crippen LogP contribution >= 0.6 is 11.6 Å². The number of carbonyl (C=O) groups excluding carboxylic acids is 2. The van der Waals surface area contributed by atoms with Crippen molar-refractivity contribution >= 4 is 23.4 Å². The summed E-state index contributed by atoms with van der Waals surface area (Å²) in [6, 6.07) is -0.00924. The quantitative estimate of drug-likeness (QED) is 0.805. The third-order valence-electron chi connectivity index (χ3n) is 3.07. The van der Waals surface area contributed by atoms with Gasteiger partial charge in [0.25, 0.3) is 0 Å². The molecule has 0 aliphatic carbocycles. The number of hydrogen-bond donors (Lipinski definition) is 2. The predicted octanol–water partition coefficient (Wildman–Crippen LogP) is 1.22. The van der Waals surface area contributed by atoms with Crippen LogP contribution < -0.4 is 10.6 Å². The van der Waals surface area contributed by atoms with Gasteiger partial charge in [-0.3, -0.25) is 9.59 Å². The fraction of sp³-hybridized carbons (Fsp3) is 0.417. The molecule has 1 aliphatic heterocycles. The van der Waals surface area contributed by atoms with Gasteiger partial charge in [0, 0.05) is 6.42 Å². The number of rotatable bonds is 2. The highest BCUT2D eigenvalue weighted by atomic mass is 35.5. The van der Waals surface area contributed by atoms with Crippen LogP contribution in [0, 0.1) is 6.92 Å². The Balaban J connectivity index is 2.28. The number of nitrogens with one attached hydrogen (secondary N) is 2. The van der Waals surface area contributed by atoms with Crippen LogP contribution in [0.1, 0.15) is 16.8 Å². The lowest BCUT2D eigenvalue weighted by Crippen LogP contribution is -2.57. The van der Waals surface area contributed by atoms with Crippen molar-refractivity contribution in [2.24, 2.45) is 0 Å². The summed E-state index contributed by atoms with van der Waals surface area (Å²) >= 11 is 5.79. The third kappa shape index (κ3) is 3.44. The molecule has 2 N–H and O–H groups in total. The van der Waals surface area contributed by atoms with Gasteiger partial charge in [0.15, 0.2) is 0 Å². The Morgan fingerprint density at radius 2 is 2.10 bits per heavy atom. The van der Waals surface area contributed by atoms with E-state index in [1.165, 1.54) is 6.92 Å². The van der Waals surface area contributed by atoms with Crippen LogP contribution in [0.2, 0.25) is 5.15 Å². The molecule has 2 heterocycles. The maximum atomic E-state index is 12.6. The van der Waals surface area contributed by atoms with Crippen molar-refractivity contribution in [2.75, 3.05) is 6.54 Å². The van der Waals surface area contributed by atoms with Crippen molar-refractivity contribution in [2.45, 2.75) is 25.6 Å². The molecule has 1 atom stereocenters. The SMILES string of the molecule is Cc1cc(C(F)(F)F)nc(Cl)c1CC1NC(=O)CNC1=O. The van der Waals surface area contributed by atoms with Crippen LogP contribution in [0.4, 0.5) is 13.2 Å². The molecule has 1 aliphatic rings. The topological polar surface area (TPSA) is 71.1 Å². The molecule has 21 heavy (non-hydrogen) atoms. The standard InChI is InChI=1S/C12H11ClF3N3O2/c1-5-2-8(12(14,15)16)19-10(13)6(5)3-7-11(21)17-4-9(20)18-7/h2,7H,3-4H2,1H3,(H,17,21)(H,18,20). The van der Waals surface area contributed by atoms with Crippen LogP contribution in [0.15, 0.2) is 6.07 Å². The van der Waals surface area contributed by atoms with Crippen LogP contribution in [-0.4, -0.2) is 29.4 Å². The monoisotopic (exact) mass is 321 g/mol. The first kappa shape index (κ1) is 15.6. The van der Waals surface area contributed by atoms with Gasteiger partial charge in [0.05, 0.1) is 6.54 Å². The number of aromatic nitrogens is 1. The Hall–Kier alpha value is -1.83. The van der Waals surface area contributed by atoms with E-state index in [9.17, 15) is 22.8 Å². The number of halogens is 4. The van der Waals surface area contributed by atoms with Crippen molar-refractivity contribution in [3.05, 3.63) is 28.0 Å². The van der Waals surface area contributed by atoms with Crippen LogP contribution in [0.5, 0.6) is 0 Å². The smallest absolute Gasteiger partial charge is 0.345 e. The second-order valence-electron chi connectivity index (χ2n) is 4.63. The molecule has 1 saturated heterocycles. The van der Waals surface area contributed by atoms with Gasteiger partial charge in [0.1, 0.15) is 16.9 Å². The first-order valence-electron chi connectivity index (χ1n) is 5.98. The molecule has 5 nitrogen and oxygen atoms in total. The molecule has 114 valence electrons. The Morgan fingerprint density at radius 1 is 1.43 bits per heavy atom. The minimum atomic E-state index is -4.59. The van der Waals surface area contributed by atoms with Gasteiger partial charge >= 0.3 is 6.18 Å². The Kier molecular flexibility index (Phi) is 4.08. The number of piperazine rings is 1. The summed E-state index contributed by atoms with van der Waals surface area (Å²) in [6.45, 7) is 1.33. The van der Waals surface area contributed by atoms with Crippen molar-refractivity contribution in [1.82, 2.24) is 15.6 Å².